The second-order valence-electron chi connectivity index (χ2n) is 8.97. The van der Waals surface area contributed by atoms with E-state index in [9.17, 15) is 4.91 Å². The molecule has 3 aromatic rings. The number of hydrogen-bond donors (Lipinski definition) is 2. The third-order valence-corrected chi connectivity index (χ3v) is 6.33. The fourth-order valence-electron chi connectivity index (χ4n) is 4.56. The number of nitrogens with one attached hydrogen (secondary N) is 2. The van der Waals surface area contributed by atoms with Crippen LogP contribution in [-0.2, 0) is 7.05 Å². The van der Waals surface area contributed by atoms with Gasteiger partial charge in [0.05, 0.1) is 11.6 Å². The average molecular weight is 469 g/mol. The molecule has 0 spiro atoms. The van der Waals surface area contributed by atoms with E-state index in [0.29, 0.717) is 23.9 Å². The van der Waals surface area contributed by atoms with Crippen LogP contribution in [0.25, 0.3) is 16.6 Å². The van der Waals surface area contributed by atoms with Gasteiger partial charge in [0.15, 0.2) is 0 Å². The molecule has 8 heteroatoms. The van der Waals surface area contributed by atoms with Gasteiger partial charge in [0.1, 0.15) is 17.0 Å². The third kappa shape index (κ3) is 4.47. The third-order valence-electron chi connectivity index (χ3n) is 6.33. The van der Waals surface area contributed by atoms with Crippen molar-refractivity contribution in [3.8, 4) is 11.6 Å². The molecule has 0 radical (unpaired) electrons. The van der Waals surface area contributed by atoms with Crippen LogP contribution in [0.1, 0.15) is 30.0 Å². The second-order valence-corrected chi connectivity index (χ2v) is 8.97. The number of ether oxygens (including phenoxy) is 1. The van der Waals surface area contributed by atoms with Gasteiger partial charge in [-0.25, -0.2) is 4.98 Å². The van der Waals surface area contributed by atoms with Gasteiger partial charge in [0.25, 0.3) is 0 Å². The Kier molecular flexibility index (Phi) is 5.94. The molecule has 35 heavy (non-hydrogen) atoms. The minimum absolute atomic E-state index is 0.0354. The zero-order valence-electron chi connectivity index (χ0n) is 20.3. The Labute approximate surface area is 204 Å². The lowest BCUT2D eigenvalue weighted by Gasteiger charge is -2.19. The van der Waals surface area contributed by atoms with Crippen LogP contribution in [0.5, 0.6) is 11.6 Å². The predicted molar refractivity (Wildman–Crippen MR) is 139 cm³/mol. The van der Waals surface area contributed by atoms with E-state index in [4.69, 9.17) is 9.72 Å². The van der Waals surface area contributed by atoms with E-state index in [1.54, 1.807) is 12.2 Å². The van der Waals surface area contributed by atoms with Crippen LogP contribution in [0.2, 0.25) is 0 Å². The number of benzene rings is 1. The SMILES string of the molecule is CC1=CNCC=C1c1cc(C)c(Oc2nc(NC3C=CC(N=O)=CC3)nc3ccn(C)c23)c(C)c1. The molecule has 0 fully saturated rings. The fraction of sp³-hybridized carbons (Fsp3) is 0.259. The number of hydrogen-bond acceptors (Lipinski definition) is 7. The van der Waals surface area contributed by atoms with E-state index in [-0.39, 0.29) is 6.04 Å². The van der Waals surface area contributed by atoms with Gasteiger partial charge in [0.2, 0.25) is 11.8 Å². The van der Waals surface area contributed by atoms with E-state index in [1.165, 1.54) is 16.7 Å². The van der Waals surface area contributed by atoms with Crippen LogP contribution < -0.4 is 15.4 Å². The summed E-state index contributed by atoms with van der Waals surface area (Å²) in [5.41, 5.74) is 7.76. The number of aryl methyl sites for hydroxylation is 3. The Balaban J connectivity index is 1.48. The summed E-state index contributed by atoms with van der Waals surface area (Å²) in [6.45, 7) is 7.06. The molecule has 0 amide bonds. The molecule has 0 saturated heterocycles. The molecule has 0 saturated carbocycles. The summed E-state index contributed by atoms with van der Waals surface area (Å²) >= 11 is 0. The first-order valence-electron chi connectivity index (χ1n) is 11.6. The van der Waals surface area contributed by atoms with Crippen LogP contribution in [0.15, 0.2) is 71.3 Å². The topological polar surface area (TPSA) is 93.4 Å². The Bertz CT molecular complexity index is 1420. The lowest BCUT2D eigenvalue weighted by molar-refractivity contribution is 0.459. The Morgan fingerprint density at radius 1 is 1.17 bits per heavy atom. The Morgan fingerprint density at radius 2 is 1.97 bits per heavy atom. The fourth-order valence-corrected chi connectivity index (χ4v) is 4.56. The van der Waals surface area contributed by atoms with Crippen molar-refractivity contribution in [2.75, 3.05) is 11.9 Å². The molecule has 5 rings (SSSR count). The highest BCUT2D eigenvalue weighted by molar-refractivity contribution is 5.83. The van der Waals surface area contributed by atoms with Crippen molar-refractivity contribution < 1.29 is 4.74 Å². The molecular formula is C27H28N6O2. The molecule has 2 aliphatic rings. The number of anilines is 1. The molecule has 1 aliphatic carbocycles. The molecule has 1 unspecified atom stereocenters. The summed E-state index contributed by atoms with van der Waals surface area (Å²) in [4.78, 5) is 20.1. The molecule has 0 bridgehead atoms. The van der Waals surface area contributed by atoms with Gasteiger partial charge in [-0.05, 0) is 84.5 Å². The first-order valence-corrected chi connectivity index (χ1v) is 11.6. The predicted octanol–water partition coefficient (Wildman–Crippen LogP) is 5.66. The molecule has 2 N–H and O–H groups in total. The maximum atomic E-state index is 10.7. The number of aromatic nitrogens is 3. The van der Waals surface area contributed by atoms with Gasteiger partial charge in [-0.3, -0.25) is 0 Å². The highest BCUT2D eigenvalue weighted by atomic mass is 16.5. The summed E-state index contributed by atoms with van der Waals surface area (Å²) in [7, 11) is 1.95. The highest BCUT2D eigenvalue weighted by Gasteiger charge is 2.19. The van der Waals surface area contributed by atoms with Crippen molar-refractivity contribution in [2.45, 2.75) is 33.2 Å². The van der Waals surface area contributed by atoms with Crippen molar-refractivity contribution in [3.63, 3.8) is 0 Å². The van der Waals surface area contributed by atoms with Gasteiger partial charge in [-0.15, -0.1) is 4.91 Å². The summed E-state index contributed by atoms with van der Waals surface area (Å²) in [6.07, 6.45) is 12.2. The number of nitrogens with zero attached hydrogens (tertiary/aromatic N) is 4. The zero-order chi connectivity index (χ0) is 24.5. The summed E-state index contributed by atoms with van der Waals surface area (Å²) in [6, 6.07) is 6.24. The maximum absolute atomic E-state index is 10.7. The van der Waals surface area contributed by atoms with Crippen molar-refractivity contribution in [1.29, 1.82) is 0 Å². The monoisotopic (exact) mass is 468 g/mol. The molecule has 178 valence electrons. The molecule has 1 aromatic carbocycles. The van der Waals surface area contributed by atoms with Crippen molar-refractivity contribution in [1.82, 2.24) is 19.9 Å². The van der Waals surface area contributed by atoms with E-state index >= 15 is 0 Å². The first-order chi connectivity index (χ1) is 16.9. The zero-order valence-corrected chi connectivity index (χ0v) is 20.3. The molecule has 3 heterocycles. The maximum Gasteiger partial charge on any atom is 0.249 e. The van der Waals surface area contributed by atoms with Crippen LogP contribution in [0.3, 0.4) is 0 Å². The first kappa shape index (κ1) is 22.6. The van der Waals surface area contributed by atoms with Crippen LogP contribution in [0, 0.1) is 18.8 Å². The quantitative estimate of drug-likeness (QED) is 0.454. The number of nitroso groups, excluding NO2 is 1. The van der Waals surface area contributed by atoms with Crippen LogP contribution in [-0.4, -0.2) is 27.1 Å². The standard InChI is InChI=1S/C27H28N6O2/c1-16-13-19(22-9-11-28-15-18(22)3)14-17(2)25(16)35-26-24-23(10-12-33(24)4)30-27(31-26)29-20-5-7-21(32-34)8-6-20/h5,7-10,12-15,20,28H,6,11H2,1-4H3,(H,29,30,31). The summed E-state index contributed by atoms with van der Waals surface area (Å²) in [5, 5.41) is 9.57. The largest absolute Gasteiger partial charge is 0.436 e. The van der Waals surface area contributed by atoms with Crippen LogP contribution in [0.4, 0.5) is 5.95 Å². The molecule has 2 aromatic heterocycles. The number of allylic oxidation sites excluding steroid dienone is 3. The van der Waals surface area contributed by atoms with Crippen molar-refractivity contribution >= 4 is 22.6 Å². The van der Waals surface area contributed by atoms with Gasteiger partial charge >= 0.3 is 0 Å². The number of rotatable bonds is 6. The summed E-state index contributed by atoms with van der Waals surface area (Å²) < 4.78 is 8.45. The number of dihydropyridines is 1. The minimum Gasteiger partial charge on any atom is -0.436 e. The average Bonchev–Trinajstić information content (AvgIpc) is 3.22. The van der Waals surface area contributed by atoms with E-state index in [1.807, 2.05) is 30.0 Å². The Hall–Kier alpha value is -4.20. The summed E-state index contributed by atoms with van der Waals surface area (Å²) in [5.74, 6) is 1.75. The van der Waals surface area contributed by atoms with E-state index in [2.05, 4.69) is 66.0 Å². The van der Waals surface area contributed by atoms with Gasteiger partial charge in [-0.2, -0.15) is 4.98 Å². The van der Waals surface area contributed by atoms with Gasteiger partial charge < -0.3 is 19.9 Å². The smallest absolute Gasteiger partial charge is 0.249 e. The lowest BCUT2D eigenvalue weighted by atomic mass is 9.94. The molecular weight excluding hydrogens is 440 g/mol. The van der Waals surface area contributed by atoms with Gasteiger partial charge in [-0.1, -0.05) is 18.2 Å². The van der Waals surface area contributed by atoms with E-state index < -0.39 is 0 Å². The van der Waals surface area contributed by atoms with Gasteiger partial charge in [0, 0.05) is 26.0 Å². The molecule has 8 nitrogen and oxygen atoms in total. The van der Waals surface area contributed by atoms with Crippen molar-refractivity contribution in [3.05, 3.63) is 87.8 Å². The normalized spacial score (nSPS) is 17.4. The van der Waals surface area contributed by atoms with Crippen molar-refractivity contribution in [2.24, 2.45) is 12.2 Å². The number of fused-ring (bicyclic) bond motifs is 1. The molecule has 1 aliphatic heterocycles. The lowest BCUT2D eigenvalue weighted by Crippen LogP contribution is -2.19. The minimum atomic E-state index is -0.0354. The molecule has 1 atom stereocenters. The Morgan fingerprint density at radius 3 is 2.66 bits per heavy atom. The second kappa shape index (κ2) is 9.21. The van der Waals surface area contributed by atoms with Crippen LogP contribution >= 0.6 is 0 Å². The van der Waals surface area contributed by atoms with E-state index in [0.717, 1.165) is 34.5 Å². The highest BCUT2D eigenvalue weighted by Crippen LogP contribution is 2.36.